The fraction of sp³-hybridized carbons (Fsp3) is 0.750. The van der Waals surface area contributed by atoms with Crippen LogP contribution in [-0.4, -0.2) is 56.3 Å². The number of nitrogens with one attached hydrogen (secondary N) is 1. The van der Waals surface area contributed by atoms with Crippen LogP contribution in [-0.2, 0) is 32.7 Å². The summed E-state index contributed by atoms with van der Waals surface area (Å²) in [6.45, 7) is 4.05. The number of rotatable bonds is 36. The molecule has 0 heterocycles. The number of allylic oxidation sites excluding steroid dienone is 8. The largest absolute Gasteiger partial charge is 0.472 e. The van der Waals surface area contributed by atoms with Gasteiger partial charge in [-0.1, -0.05) is 120 Å². The van der Waals surface area contributed by atoms with E-state index in [-0.39, 0.29) is 32.0 Å². The molecule has 0 radical (unpaired) electrons. The van der Waals surface area contributed by atoms with Crippen molar-refractivity contribution in [3.63, 3.8) is 0 Å². The van der Waals surface area contributed by atoms with Gasteiger partial charge in [-0.3, -0.25) is 18.6 Å². The van der Waals surface area contributed by atoms with E-state index >= 15 is 0 Å². The van der Waals surface area contributed by atoms with Gasteiger partial charge in [-0.05, 0) is 77.7 Å². The SMILES string of the molecule is CC/C=C\C/C=C\C/C=C\CCCCCCCC(=O)OC(COC(=O)CCCCCCC/C=C\CCCCCC)COP(=O)(O)OCCNC. The van der Waals surface area contributed by atoms with E-state index < -0.39 is 26.5 Å². The summed E-state index contributed by atoms with van der Waals surface area (Å²) in [5, 5.41) is 2.81. The summed E-state index contributed by atoms with van der Waals surface area (Å²) in [5.41, 5.74) is 0. The van der Waals surface area contributed by atoms with Crippen LogP contribution < -0.4 is 5.32 Å². The summed E-state index contributed by atoms with van der Waals surface area (Å²) in [7, 11) is -2.66. The van der Waals surface area contributed by atoms with Crippen molar-refractivity contribution >= 4 is 19.8 Å². The number of esters is 2. The van der Waals surface area contributed by atoms with Crippen molar-refractivity contribution in [3.05, 3.63) is 48.6 Å². The predicted octanol–water partition coefficient (Wildman–Crippen LogP) is 10.6. The van der Waals surface area contributed by atoms with E-state index in [4.69, 9.17) is 18.5 Å². The molecule has 0 bridgehead atoms. The zero-order chi connectivity index (χ0) is 36.8. The van der Waals surface area contributed by atoms with E-state index in [1.165, 1.54) is 32.1 Å². The van der Waals surface area contributed by atoms with Crippen molar-refractivity contribution in [1.29, 1.82) is 0 Å². The lowest BCUT2D eigenvalue weighted by atomic mass is 10.1. The van der Waals surface area contributed by atoms with Gasteiger partial charge >= 0.3 is 19.8 Å². The standard InChI is InChI=1S/C40H72NO8P/c1-4-6-8-10-12-14-16-18-19-21-23-25-27-29-31-33-40(43)49-38(37-48-50(44,45)47-35-34-41-3)36-46-39(42)32-30-28-26-24-22-20-17-15-13-11-9-7-5-2/h6,8,12,14-15,17-19,38,41H,4-5,7,9-11,13,16,20-37H2,1-3H3,(H,44,45)/b8-6-,14-12-,17-15-,19-18-. The Labute approximate surface area is 305 Å². The Morgan fingerprint density at radius 1 is 0.640 bits per heavy atom. The second-order valence-corrected chi connectivity index (χ2v) is 14.2. The first kappa shape index (κ1) is 48.0. The molecule has 0 aromatic heterocycles. The van der Waals surface area contributed by atoms with Gasteiger partial charge in [0.25, 0.3) is 0 Å². The average Bonchev–Trinajstić information content (AvgIpc) is 3.09. The smallest absolute Gasteiger partial charge is 0.462 e. The molecule has 9 nitrogen and oxygen atoms in total. The highest BCUT2D eigenvalue weighted by molar-refractivity contribution is 7.47. The van der Waals surface area contributed by atoms with E-state index in [0.29, 0.717) is 13.0 Å². The Hall–Kier alpha value is -2.03. The third-order valence-corrected chi connectivity index (χ3v) is 8.92. The minimum absolute atomic E-state index is 0.0234. The summed E-state index contributed by atoms with van der Waals surface area (Å²) in [6.07, 6.45) is 38.7. The summed E-state index contributed by atoms with van der Waals surface area (Å²) in [5.74, 6) is -0.841. The second-order valence-electron chi connectivity index (χ2n) is 12.7. The number of hydrogen-bond donors (Lipinski definition) is 2. The fourth-order valence-corrected chi connectivity index (χ4v) is 5.72. The van der Waals surface area contributed by atoms with Gasteiger partial charge < -0.3 is 19.7 Å². The third kappa shape index (κ3) is 35.8. The minimum Gasteiger partial charge on any atom is -0.462 e. The van der Waals surface area contributed by atoms with Crippen LogP contribution in [0, 0.1) is 0 Å². The van der Waals surface area contributed by atoms with Gasteiger partial charge in [-0.2, -0.15) is 0 Å². The maximum atomic E-state index is 12.6. The molecule has 0 aliphatic carbocycles. The number of phosphoric acid groups is 1. The van der Waals surface area contributed by atoms with Crippen LogP contribution >= 0.6 is 7.82 Å². The number of unbranched alkanes of at least 4 members (excludes halogenated alkanes) is 14. The number of hydrogen-bond acceptors (Lipinski definition) is 8. The van der Waals surface area contributed by atoms with Gasteiger partial charge in [0, 0.05) is 19.4 Å². The molecule has 0 aromatic rings. The fourth-order valence-electron chi connectivity index (χ4n) is 4.97. The number of carbonyl (C=O) groups is 2. The predicted molar refractivity (Wildman–Crippen MR) is 206 cm³/mol. The number of carbonyl (C=O) groups excluding carboxylic acids is 2. The van der Waals surface area contributed by atoms with E-state index in [0.717, 1.165) is 89.9 Å². The summed E-state index contributed by atoms with van der Waals surface area (Å²) in [4.78, 5) is 34.9. The summed E-state index contributed by atoms with van der Waals surface area (Å²) < 4.78 is 33.1. The van der Waals surface area contributed by atoms with Crippen LogP contribution in [0.5, 0.6) is 0 Å². The molecule has 0 amide bonds. The van der Waals surface area contributed by atoms with E-state index in [9.17, 15) is 19.0 Å². The zero-order valence-electron chi connectivity index (χ0n) is 31.8. The van der Waals surface area contributed by atoms with Gasteiger partial charge in [0.2, 0.25) is 0 Å². The molecular weight excluding hydrogens is 653 g/mol. The molecule has 0 aromatic carbocycles. The molecule has 2 unspecified atom stereocenters. The van der Waals surface area contributed by atoms with Crippen LogP contribution in [0.4, 0.5) is 0 Å². The van der Waals surface area contributed by atoms with Crippen LogP contribution in [0.3, 0.4) is 0 Å². The average molecular weight is 726 g/mol. The van der Waals surface area contributed by atoms with Crippen LogP contribution in [0.25, 0.3) is 0 Å². The number of phosphoric ester groups is 1. The third-order valence-electron chi connectivity index (χ3n) is 7.93. The molecule has 0 aliphatic heterocycles. The van der Waals surface area contributed by atoms with Crippen molar-refractivity contribution in [3.8, 4) is 0 Å². The highest BCUT2D eigenvalue weighted by Crippen LogP contribution is 2.43. The van der Waals surface area contributed by atoms with Gasteiger partial charge in [0.05, 0.1) is 13.2 Å². The lowest BCUT2D eigenvalue weighted by molar-refractivity contribution is -0.161. The second kappa shape index (κ2) is 36.8. The molecule has 50 heavy (non-hydrogen) atoms. The zero-order valence-corrected chi connectivity index (χ0v) is 32.7. The Morgan fingerprint density at radius 2 is 1.14 bits per heavy atom. The molecule has 0 aliphatic rings. The Bertz CT molecular complexity index is 965. The Kier molecular flexibility index (Phi) is 35.3. The van der Waals surface area contributed by atoms with Crippen LogP contribution in [0.15, 0.2) is 48.6 Å². The monoisotopic (exact) mass is 725 g/mol. The highest BCUT2D eigenvalue weighted by Gasteiger charge is 2.26. The van der Waals surface area contributed by atoms with Gasteiger partial charge in [0.15, 0.2) is 6.10 Å². The first-order valence-electron chi connectivity index (χ1n) is 19.6. The van der Waals surface area contributed by atoms with Crippen molar-refractivity contribution in [2.24, 2.45) is 0 Å². The summed E-state index contributed by atoms with van der Waals surface area (Å²) >= 11 is 0. The Morgan fingerprint density at radius 3 is 1.72 bits per heavy atom. The Balaban J connectivity index is 4.33. The normalized spacial score (nSPS) is 13.9. The minimum atomic E-state index is -4.35. The molecule has 290 valence electrons. The maximum Gasteiger partial charge on any atom is 0.472 e. The van der Waals surface area contributed by atoms with Crippen molar-refractivity contribution < 1.29 is 37.6 Å². The van der Waals surface area contributed by atoms with E-state index in [1.807, 2.05) is 0 Å². The quantitative estimate of drug-likeness (QED) is 0.0281. The number of likely N-dealkylation sites (N-methyl/N-ethyl adjacent to an activating group) is 1. The number of ether oxygens (including phenoxy) is 2. The van der Waals surface area contributed by atoms with Crippen LogP contribution in [0.2, 0.25) is 0 Å². The molecule has 0 rings (SSSR count). The molecule has 0 saturated carbocycles. The van der Waals surface area contributed by atoms with Crippen molar-refractivity contribution in [1.82, 2.24) is 5.32 Å². The van der Waals surface area contributed by atoms with E-state index in [1.54, 1.807) is 7.05 Å². The molecule has 2 atom stereocenters. The topological polar surface area (TPSA) is 120 Å². The summed E-state index contributed by atoms with van der Waals surface area (Å²) in [6, 6.07) is 0. The van der Waals surface area contributed by atoms with Gasteiger partial charge in [0.1, 0.15) is 6.61 Å². The van der Waals surface area contributed by atoms with Crippen LogP contribution in [0.1, 0.15) is 155 Å². The molecule has 0 spiro atoms. The lowest BCUT2D eigenvalue weighted by Gasteiger charge is -2.20. The molecule has 0 saturated heterocycles. The van der Waals surface area contributed by atoms with Gasteiger partial charge in [-0.15, -0.1) is 0 Å². The van der Waals surface area contributed by atoms with Gasteiger partial charge in [-0.25, -0.2) is 4.57 Å². The van der Waals surface area contributed by atoms with Crippen molar-refractivity contribution in [2.75, 3.05) is 33.4 Å². The first-order chi connectivity index (χ1) is 24.3. The van der Waals surface area contributed by atoms with E-state index in [2.05, 4.69) is 67.8 Å². The first-order valence-corrected chi connectivity index (χ1v) is 21.1. The molecule has 10 heteroatoms. The van der Waals surface area contributed by atoms with Crippen molar-refractivity contribution in [2.45, 2.75) is 161 Å². The molecule has 2 N–H and O–H groups in total. The molecular formula is C40H72NO8P. The maximum absolute atomic E-state index is 12.6. The highest BCUT2D eigenvalue weighted by atomic mass is 31.2. The lowest BCUT2D eigenvalue weighted by Crippen LogP contribution is -2.29. The molecule has 0 fully saturated rings.